The third-order valence-electron chi connectivity index (χ3n) is 9.44. The number of nitrogens with zero attached hydrogens (tertiary/aromatic N) is 5. The van der Waals surface area contributed by atoms with Crippen LogP contribution in [0.2, 0.25) is 0 Å². The zero-order valence-corrected chi connectivity index (χ0v) is 29.5. The van der Waals surface area contributed by atoms with Gasteiger partial charge in [-0.3, -0.25) is 4.57 Å². The fourth-order valence-corrected chi connectivity index (χ4v) is 6.82. The normalized spacial score (nSPS) is 14.0. The van der Waals surface area contributed by atoms with Gasteiger partial charge in [-0.1, -0.05) is 93.6 Å². The van der Waals surface area contributed by atoms with E-state index in [0.29, 0.717) is 5.76 Å². The van der Waals surface area contributed by atoms with Crippen molar-refractivity contribution < 1.29 is 4.74 Å². The van der Waals surface area contributed by atoms with Crippen molar-refractivity contribution in [3.8, 4) is 22.7 Å². The number of fused-ring (bicyclic) bond motifs is 6. The highest BCUT2D eigenvalue weighted by Gasteiger charge is 2.20. The number of aliphatic imine (C=N–C) groups is 1. The maximum atomic E-state index is 6.93. The molecule has 6 nitrogen and oxygen atoms in total. The van der Waals surface area contributed by atoms with Crippen molar-refractivity contribution in [3.63, 3.8) is 0 Å². The van der Waals surface area contributed by atoms with Crippen molar-refractivity contribution >= 4 is 45.8 Å². The van der Waals surface area contributed by atoms with Crippen molar-refractivity contribution in [2.24, 2.45) is 4.99 Å². The molecule has 1 aliphatic rings. The minimum Gasteiger partial charge on any atom is -0.457 e. The number of hydrogen-bond acceptors (Lipinski definition) is 4. The van der Waals surface area contributed by atoms with Crippen LogP contribution in [0, 0.1) is 6.92 Å². The number of hydrogen-bond donors (Lipinski definition) is 0. The standard InChI is InChI=1S/C45H39N5O/c1-30-13-12-23-47-44(30)49(5)29-48-33-25-31-14-6-7-15-35(31)36-16-8-9-18-39(36)42(27-33)51-34-20-21-38-37-17-10-11-19-40(37)50(41(38)28-34)43-26-32(22-24-46-43)45(2,3)4/h6-29H,1-5H3/b31-25?,33-25+,33-27?,36-35?,42-27?,42-39?,48-29?. The molecule has 0 spiro atoms. The van der Waals surface area contributed by atoms with E-state index >= 15 is 0 Å². The molecule has 0 N–H and O–H groups in total. The third kappa shape index (κ3) is 6.10. The number of aromatic nitrogens is 3. The van der Waals surface area contributed by atoms with E-state index in [0.717, 1.165) is 67.3 Å². The summed E-state index contributed by atoms with van der Waals surface area (Å²) in [6.45, 7) is 8.74. The van der Waals surface area contributed by atoms with E-state index in [9.17, 15) is 0 Å². The van der Waals surface area contributed by atoms with Crippen molar-refractivity contribution in [3.05, 3.63) is 162 Å². The second kappa shape index (κ2) is 12.9. The van der Waals surface area contributed by atoms with Crippen LogP contribution in [0.25, 0.3) is 50.6 Å². The van der Waals surface area contributed by atoms with Gasteiger partial charge in [0.15, 0.2) is 0 Å². The number of rotatable bonds is 6. The minimum absolute atomic E-state index is 0.0135. The first kappa shape index (κ1) is 32.0. The van der Waals surface area contributed by atoms with E-state index in [1.165, 1.54) is 10.9 Å². The van der Waals surface area contributed by atoms with Gasteiger partial charge in [0.2, 0.25) is 0 Å². The highest BCUT2D eigenvalue weighted by atomic mass is 16.5. The van der Waals surface area contributed by atoms with Gasteiger partial charge in [-0.05, 0) is 82.6 Å². The summed E-state index contributed by atoms with van der Waals surface area (Å²) >= 11 is 0. The minimum atomic E-state index is -0.0135. The van der Waals surface area contributed by atoms with E-state index in [1.54, 1.807) is 6.20 Å². The fourth-order valence-electron chi connectivity index (χ4n) is 6.82. The van der Waals surface area contributed by atoms with E-state index in [-0.39, 0.29) is 5.41 Å². The lowest BCUT2D eigenvalue weighted by Gasteiger charge is -2.20. The van der Waals surface area contributed by atoms with Crippen molar-refractivity contribution in [2.45, 2.75) is 33.1 Å². The predicted molar refractivity (Wildman–Crippen MR) is 212 cm³/mol. The first-order chi connectivity index (χ1) is 24.7. The zero-order chi connectivity index (χ0) is 35.1. The van der Waals surface area contributed by atoms with Crippen LogP contribution in [0.5, 0.6) is 5.75 Å². The molecule has 8 rings (SSSR count). The maximum Gasteiger partial charge on any atom is 0.137 e. The van der Waals surface area contributed by atoms with Gasteiger partial charge in [-0.2, -0.15) is 0 Å². The van der Waals surface area contributed by atoms with Gasteiger partial charge < -0.3 is 9.64 Å². The number of benzene rings is 4. The van der Waals surface area contributed by atoms with Gasteiger partial charge in [0.25, 0.3) is 0 Å². The highest BCUT2D eigenvalue weighted by molar-refractivity contribution is 6.09. The van der Waals surface area contributed by atoms with E-state index in [4.69, 9.17) is 14.7 Å². The van der Waals surface area contributed by atoms with Gasteiger partial charge >= 0.3 is 0 Å². The topological polar surface area (TPSA) is 55.5 Å². The Hall–Kier alpha value is -6.27. The number of aryl methyl sites for hydroxylation is 1. The lowest BCUT2D eigenvalue weighted by atomic mass is 9.88. The molecule has 51 heavy (non-hydrogen) atoms. The Morgan fingerprint density at radius 3 is 2.27 bits per heavy atom. The number of ether oxygens (including phenoxy) is 1. The van der Waals surface area contributed by atoms with Crippen molar-refractivity contribution in [2.75, 3.05) is 11.9 Å². The Morgan fingerprint density at radius 2 is 1.45 bits per heavy atom. The van der Waals surface area contributed by atoms with E-state index < -0.39 is 0 Å². The quantitative estimate of drug-likeness (QED) is 0.131. The highest BCUT2D eigenvalue weighted by Crippen LogP contribution is 2.39. The van der Waals surface area contributed by atoms with Crippen LogP contribution >= 0.6 is 0 Å². The van der Waals surface area contributed by atoms with Crippen LogP contribution in [0.4, 0.5) is 5.82 Å². The Kier molecular flexibility index (Phi) is 8.07. The molecular weight excluding hydrogens is 627 g/mol. The lowest BCUT2D eigenvalue weighted by molar-refractivity contribution is 0.515. The third-order valence-corrected chi connectivity index (χ3v) is 9.44. The van der Waals surface area contributed by atoms with Crippen LogP contribution in [0.3, 0.4) is 0 Å². The van der Waals surface area contributed by atoms with Gasteiger partial charge in [0.1, 0.15) is 23.1 Å². The van der Waals surface area contributed by atoms with Crippen LogP contribution in [0.15, 0.2) is 144 Å². The lowest BCUT2D eigenvalue weighted by Crippen LogP contribution is -2.17. The number of allylic oxidation sites excluding steroid dienone is 1. The molecule has 1 aliphatic carbocycles. The average molecular weight is 666 g/mol. The van der Waals surface area contributed by atoms with Crippen LogP contribution in [0.1, 0.15) is 43.0 Å². The Labute approximate surface area is 298 Å². The molecule has 0 aliphatic heterocycles. The first-order valence-corrected chi connectivity index (χ1v) is 17.2. The van der Waals surface area contributed by atoms with Gasteiger partial charge in [0, 0.05) is 47.9 Å². The average Bonchev–Trinajstić information content (AvgIpc) is 3.46. The summed E-state index contributed by atoms with van der Waals surface area (Å²) in [5.74, 6) is 3.16. The Morgan fingerprint density at radius 1 is 0.706 bits per heavy atom. The number of anilines is 1. The van der Waals surface area contributed by atoms with E-state index in [2.05, 4.69) is 140 Å². The summed E-state index contributed by atoms with van der Waals surface area (Å²) in [6, 6.07) is 39.9. The predicted octanol–water partition coefficient (Wildman–Crippen LogP) is 10.8. The van der Waals surface area contributed by atoms with Crippen molar-refractivity contribution in [1.82, 2.24) is 14.5 Å². The largest absolute Gasteiger partial charge is 0.457 e. The number of para-hydroxylation sites is 1. The smallest absolute Gasteiger partial charge is 0.137 e. The van der Waals surface area contributed by atoms with Gasteiger partial charge in [-0.15, -0.1) is 0 Å². The summed E-state index contributed by atoms with van der Waals surface area (Å²) in [5, 5.41) is 2.31. The number of pyridine rings is 2. The summed E-state index contributed by atoms with van der Waals surface area (Å²) in [7, 11) is 1.97. The Balaban J connectivity index is 1.27. The molecule has 0 radical (unpaired) electrons. The molecule has 0 saturated heterocycles. The monoisotopic (exact) mass is 665 g/mol. The van der Waals surface area contributed by atoms with E-state index in [1.807, 2.05) is 49.6 Å². The summed E-state index contributed by atoms with van der Waals surface area (Å²) in [5.41, 5.74) is 9.45. The second-order valence-electron chi connectivity index (χ2n) is 14.0. The molecule has 3 heterocycles. The fraction of sp³-hybridized carbons (Fsp3) is 0.133. The van der Waals surface area contributed by atoms with Crippen LogP contribution in [-0.4, -0.2) is 27.9 Å². The SMILES string of the molecule is Cc1cccnc1N(C)C=N/C1=C/c2ccccc2-c2ccccc2C(Oc2ccc3c4ccccc4n(-c4cc(C(C)(C)C)ccn4)c3c2)=C1. The van der Waals surface area contributed by atoms with Crippen LogP contribution in [-0.2, 0) is 5.41 Å². The molecular formula is C45H39N5O. The molecule has 6 heteroatoms. The molecule has 7 aromatic rings. The summed E-state index contributed by atoms with van der Waals surface area (Å²) in [6.07, 6.45) is 9.66. The Bertz CT molecular complexity index is 2530. The first-order valence-electron chi connectivity index (χ1n) is 17.2. The molecule has 0 saturated carbocycles. The molecule has 0 unspecified atom stereocenters. The summed E-state index contributed by atoms with van der Waals surface area (Å²) in [4.78, 5) is 16.4. The van der Waals surface area contributed by atoms with Gasteiger partial charge in [-0.25, -0.2) is 15.0 Å². The van der Waals surface area contributed by atoms with Crippen LogP contribution < -0.4 is 9.64 Å². The maximum absolute atomic E-state index is 6.93. The molecule has 0 amide bonds. The molecule has 0 fully saturated rings. The molecule has 250 valence electrons. The molecule has 4 aromatic carbocycles. The summed E-state index contributed by atoms with van der Waals surface area (Å²) < 4.78 is 9.18. The molecule has 0 atom stereocenters. The molecule has 3 aromatic heterocycles. The van der Waals surface area contributed by atoms with Gasteiger partial charge in [0.05, 0.1) is 23.1 Å². The second-order valence-corrected chi connectivity index (χ2v) is 14.0. The zero-order valence-electron chi connectivity index (χ0n) is 29.5. The van der Waals surface area contributed by atoms with Crippen molar-refractivity contribution in [1.29, 1.82) is 0 Å². The molecule has 0 bridgehead atoms.